The first-order chi connectivity index (χ1) is 11.7. The molecule has 0 amide bonds. The van der Waals surface area contributed by atoms with Gasteiger partial charge in [0.1, 0.15) is 25.6 Å². The van der Waals surface area contributed by atoms with Crippen molar-refractivity contribution in [1.82, 2.24) is 14.8 Å². The molecule has 0 saturated carbocycles. The number of nitrogens with one attached hydrogen (secondary N) is 1. The van der Waals surface area contributed by atoms with Crippen LogP contribution in [0.5, 0.6) is 0 Å². The molecule has 0 spiro atoms. The molecule has 1 heterocycles. The fraction of sp³-hybridized carbons (Fsp3) is 0.267. The number of hydrogen-bond acceptors (Lipinski definition) is 6. The molecule has 0 aliphatic carbocycles. The highest BCUT2D eigenvalue weighted by molar-refractivity contribution is 7.89. The van der Waals surface area contributed by atoms with Crippen molar-refractivity contribution >= 4 is 29.2 Å². The van der Waals surface area contributed by atoms with Gasteiger partial charge in [-0.2, -0.15) is 5.26 Å². The van der Waals surface area contributed by atoms with Gasteiger partial charge in [0.15, 0.2) is 0 Å². The van der Waals surface area contributed by atoms with Gasteiger partial charge in [0.2, 0.25) is 5.82 Å². The first-order valence-electron chi connectivity index (χ1n) is 7.31. The van der Waals surface area contributed by atoms with Crippen LogP contribution in [0, 0.1) is 23.1 Å². The second-order valence-electron chi connectivity index (χ2n) is 5.64. The third-order valence-corrected chi connectivity index (χ3v) is 4.41. The molecule has 128 valence electrons. The fourth-order valence-electron chi connectivity index (χ4n) is 2.00. The number of nitrogens with zero attached hydrogens (tertiary/aromatic N) is 4. The summed E-state index contributed by atoms with van der Waals surface area (Å²) in [6.45, 7) is 4.00. The van der Waals surface area contributed by atoms with Gasteiger partial charge >= 0.3 is 0 Å². The monoisotopic (exact) mass is 359 g/mol. The van der Waals surface area contributed by atoms with Crippen LogP contribution in [-0.4, -0.2) is 32.8 Å². The standard InChI is InChI=1S/C15H15BFN5O2S/c1-10(2)9-22(15-13(16)8-19-14(7-18)20-15)21-25(23,24)12-5-3-11(17)4-6-12/h3-6,8,10,21H,9H2,1-2H3. The first-order valence-corrected chi connectivity index (χ1v) is 8.79. The summed E-state index contributed by atoms with van der Waals surface area (Å²) >= 11 is 0. The smallest absolute Gasteiger partial charge is 0.257 e. The van der Waals surface area contributed by atoms with Crippen LogP contribution in [0.3, 0.4) is 0 Å². The summed E-state index contributed by atoms with van der Waals surface area (Å²) in [7, 11) is 1.84. The van der Waals surface area contributed by atoms with E-state index in [-0.39, 0.29) is 34.5 Å². The topological polar surface area (TPSA) is 99.0 Å². The number of benzene rings is 1. The molecule has 0 saturated heterocycles. The number of nitriles is 1. The summed E-state index contributed by atoms with van der Waals surface area (Å²) in [4.78, 5) is 9.98. The molecule has 0 aliphatic heterocycles. The average Bonchev–Trinajstić information content (AvgIpc) is 2.54. The minimum Gasteiger partial charge on any atom is -0.278 e. The lowest BCUT2D eigenvalue weighted by atomic mass is 9.98. The van der Waals surface area contributed by atoms with Crippen LogP contribution < -0.4 is 15.3 Å². The van der Waals surface area contributed by atoms with E-state index in [4.69, 9.17) is 13.1 Å². The van der Waals surface area contributed by atoms with E-state index in [9.17, 15) is 12.8 Å². The Balaban J connectivity index is 2.42. The van der Waals surface area contributed by atoms with Crippen LogP contribution in [0.15, 0.2) is 35.4 Å². The highest BCUT2D eigenvalue weighted by atomic mass is 32.2. The predicted molar refractivity (Wildman–Crippen MR) is 91.0 cm³/mol. The summed E-state index contributed by atoms with van der Waals surface area (Å²) in [6.07, 6.45) is 1.24. The lowest BCUT2D eigenvalue weighted by molar-refractivity contribution is 0.552. The van der Waals surface area contributed by atoms with Gasteiger partial charge < -0.3 is 0 Å². The second kappa shape index (κ2) is 7.59. The number of sulfonamides is 1. The third-order valence-electron chi connectivity index (χ3n) is 3.05. The van der Waals surface area contributed by atoms with E-state index in [1.54, 1.807) is 6.07 Å². The highest BCUT2D eigenvalue weighted by Gasteiger charge is 2.22. The van der Waals surface area contributed by atoms with Gasteiger partial charge in [-0.05, 0) is 35.6 Å². The quantitative estimate of drug-likeness (QED) is 0.600. The Hall–Kier alpha value is -2.51. The molecule has 25 heavy (non-hydrogen) atoms. The molecule has 2 rings (SSSR count). The van der Waals surface area contributed by atoms with E-state index in [1.165, 1.54) is 11.2 Å². The molecule has 0 atom stereocenters. The summed E-state index contributed by atoms with van der Waals surface area (Å²) in [5.74, 6) is -0.558. The number of hydrazine groups is 1. The van der Waals surface area contributed by atoms with Gasteiger partial charge in [-0.15, -0.1) is 4.83 Å². The van der Waals surface area contributed by atoms with Crippen molar-refractivity contribution in [3.63, 3.8) is 0 Å². The predicted octanol–water partition coefficient (Wildman–Crippen LogP) is 0.637. The molecule has 1 aromatic heterocycles. The fourth-order valence-corrected chi connectivity index (χ4v) is 3.05. The largest absolute Gasteiger partial charge is 0.278 e. The Morgan fingerprint density at radius 3 is 2.56 bits per heavy atom. The molecule has 0 unspecified atom stereocenters. The van der Waals surface area contributed by atoms with Gasteiger partial charge in [0.05, 0.1) is 4.90 Å². The van der Waals surface area contributed by atoms with E-state index >= 15 is 0 Å². The SMILES string of the molecule is [B]c1cnc(C#N)nc1N(CC(C)C)NS(=O)(=O)c1ccc(F)cc1. The first kappa shape index (κ1) is 18.8. The molecule has 7 nitrogen and oxygen atoms in total. The van der Waals surface area contributed by atoms with Crippen molar-refractivity contribution in [2.24, 2.45) is 5.92 Å². The Bertz CT molecular complexity index is 897. The van der Waals surface area contributed by atoms with Crippen LogP contribution >= 0.6 is 0 Å². The number of rotatable bonds is 6. The molecule has 2 aromatic rings. The molecular formula is C15H15BFN5O2S. The van der Waals surface area contributed by atoms with Crippen LogP contribution in [-0.2, 0) is 10.0 Å². The molecule has 1 aromatic carbocycles. The van der Waals surface area contributed by atoms with E-state index in [1.807, 2.05) is 13.8 Å². The van der Waals surface area contributed by atoms with Gasteiger partial charge in [0, 0.05) is 12.7 Å². The minimum atomic E-state index is -4.00. The second-order valence-corrected chi connectivity index (χ2v) is 7.30. The van der Waals surface area contributed by atoms with Gasteiger partial charge in [-0.3, -0.25) is 5.01 Å². The summed E-state index contributed by atoms with van der Waals surface area (Å²) < 4.78 is 38.1. The van der Waals surface area contributed by atoms with Crippen molar-refractivity contribution in [1.29, 1.82) is 5.26 Å². The van der Waals surface area contributed by atoms with E-state index in [2.05, 4.69) is 14.8 Å². The van der Waals surface area contributed by atoms with Crippen LogP contribution in [0.4, 0.5) is 10.2 Å². The minimum absolute atomic E-state index is 0.0517. The van der Waals surface area contributed by atoms with Gasteiger partial charge in [-0.1, -0.05) is 13.8 Å². The van der Waals surface area contributed by atoms with E-state index < -0.39 is 15.8 Å². The molecule has 1 N–H and O–H groups in total. The Labute approximate surface area is 147 Å². The number of halogens is 1. The zero-order valence-corrected chi connectivity index (χ0v) is 14.5. The molecule has 10 heteroatoms. The zero-order chi connectivity index (χ0) is 18.6. The Morgan fingerprint density at radius 2 is 2.00 bits per heavy atom. The Morgan fingerprint density at radius 1 is 1.36 bits per heavy atom. The van der Waals surface area contributed by atoms with E-state index in [0.717, 1.165) is 24.3 Å². The van der Waals surface area contributed by atoms with Crippen LogP contribution in [0.2, 0.25) is 0 Å². The van der Waals surface area contributed by atoms with Crippen molar-refractivity contribution in [3.8, 4) is 6.07 Å². The zero-order valence-electron chi connectivity index (χ0n) is 13.6. The lowest BCUT2D eigenvalue weighted by Gasteiger charge is -2.27. The van der Waals surface area contributed by atoms with Crippen molar-refractivity contribution in [2.45, 2.75) is 18.7 Å². The summed E-state index contributed by atoms with van der Waals surface area (Å²) in [5, 5.41) is 10.2. The summed E-state index contributed by atoms with van der Waals surface area (Å²) in [6, 6.07) is 6.18. The molecule has 0 bridgehead atoms. The van der Waals surface area contributed by atoms with E-state index in [0.29, 0.717) is 0 Å². The van der Waals surface area contributed by atoms with Crippen LogP contribution in [0.1, 0.15) is 19.7 Å². The maximum atomic E-state index is 13.0. The van der Waals surface area contributed by atoms with Gasteiger partial charge in [0.25, 0.3) is 10.0 Å². The number of hydrogen-bond donors (Lipinski definition) is 1. The molecule has 0 aliphatic rings. The number of anilines is 1. The molecular weight excluding hydrogens is 344 g/mol. The maximum Gasteiger partial charge on any atom is 0.257 e. The van der Waals surface area contributed by atoms with Crippen molar-refractivity contribution < 1.29 is 12.8 Å². The van der Waals surface area contributed by atoms with Gasteiger partial charge in [-0.25, -0.2) is 22.8 Å². The normalized spacial score (nSPS) is 11.3. The lowest BCUT2D eigenvalue weighted by Crippen LogP contribution is -2.47. The average molecular weight is 359 g/mol. The van der Waals surface area contributed by atoms with Crippen molar-refractivity contribution in [3.05, 3.63) is 42.1 Å². The van der Waals surface area contributed by atoms with Crippen molar-refractivity contribution in [2.75, 3.05) is 11.6 Å². The third kappa shape index (κ3) is 4.74. The number of aromatic nitrogens is 2. The Kier molecular flexibility index (Phi) is 5.71. The molecule has 0 fully saturated rings. The van der Waals surface area contributed by atoms with Crippen LogP contribution in [0.25, 0.3) is 0 Å². The maximum absolute atomic E-state index is 13.0. The highest BCUT2D eigenvalue weighted by Crippen LogP contribution is 2.14. The summed E-state index contributed by atoms with van der Waals surface area (Å²) in [5.41, 5.74) is 0.112. The molecule has 2 radical (unpaired) electrons.